The molecule has 1 aromatic carbocycles. The number of rotatable bonds is 6. The molecule has 0 fully saturated rings. The predicted molar refractivity (Wildman–Crippen MR) is 83.2 cm³/mol. The van der Waals surface area contributed by atoms with Crippen LogP contribution in [0.2, 0.25) is 0 Å². The van der Waals surface area contributed by atoms with Crippen LogP contribution in [0.15, 0.2) is 18.2 Å². The van der Waals surface area contributed by atoms with Gasteiger partial charge in [0.15, 0.2) is 11.5 Å². The summed E-state index contributed by atoms with van der Waals surface area (Å²) in [5.41, 5.74) is 2.16. The fourth-order valence-electron chi connectivity index (χ4n) is 2.16. The monoisotopic (exact) mass is 302 g/mol. The van der Waals surface area contributed by atoms with Gasteiger partial charge in [-0.15, -0.1) is 11.3 Å². The van der Waals surface area contributed by atoms with Crippen molar-refractivity contribution in [2.24, 2.45) is 0 Å². The molecule has 0 amide bonds. The maximum absolute atomic E-state index is 8.86. The van der Waals surface area contributed by atoms with Gasteiger partial charge in [-0.3, -0.25) is 0 Å². The van der Waals surface area contributed by atoms with E-state index in [4.69, 9.17) is 14.7 Å². The van der Waals surface area contributed by atoms with Crippen LogP contribution >= 0.6 is 11.3 Å². The van der Waals surface area contributed by atoms with Crippen molar-refractivity contribution in [3.05, 3.63) is 39.3 Å². The average molecular weight is 302 g/mol. The van der Waals surface area contributed by atoms with Crippen molar-refractivity contribution < 1.29 is 9.47 Å². The Morgan fingerprint density at radius 1 is 1.24 bits per heavy atom. The van der Waals surface area contributed by atoms with Gasteiger partial charge in [-0.25, -0.2) is 4.98 Å². The van der Waals surface area contributed by atoms with Crippen LogP contribution in [-0.2, 0) is 19.3 Å². The third kappa shape index (κ3) is 3.53. The van der Waals surface area contributed by atoms with Crippen molar-refractivity contribution in [2.45, 2.75) is 26.2 Å². The molecule has 1 heterocycles. The topological polar surface area (TPSA) is 55.1 Å². The molecule has 0 aliphatic heterocycles. The first-order chi connectivity index (χ1) is 10.2. The molecule has 2 rings (SSSR count). The van der Waals surface area contributed by atoms with Gasteiger partial charge in [-0.2, -0.15) is 5.26 Å². The molecule has 1 aromatic heterocycles. The van der Waals surface area contributed by atoms with Gasteiger partial charge in [0.2, 0.25) is 0 Å². The second-order valence-electron chi connectivity index (χ2n) is 4.53. The van der Waals surface area contributed by atoms with E-state index in [0.717, 1.165) is 45.5 Å². The number of methoxy groups -OCH3 is 2. The lowest BCUT2D eigenvalue weighted by atomic mass is 10.1. The molecule has 0 atom stereocenters. The first-order valence-corrected chi connectivity index (χ1v) is 7.58. The minimum atomic E-state index is 0.437. The highest BCUT2D eigenvalue weighted by Gasteiger charge is 2.11. The largest absolute Gasteiger partial charge is 0.493 e. The van der Waals surface area contributed by atoms with Crippen LogP contribution in [0.25, 0.3) is 0 Å². The van der Waals surface area contributed by atoms with Crippen LogP contribution in [0.3, 0.4) is 0 Å². The van der Waals surface area contributed by atoms with Crippen LogP contribution in [-0.4, -0.2) is 19.2 Å². The molecule has 2 aromatic rings. The van der Waals surface area contributed by atoms with E-state index in [1.165, 1.54) is 0 Å². The second kappa shape index (κ2) is 7.09. The number of nitrogens with zero attached hydrogens (tertiary/aromatic N) is 2. The molecule has 0 unspecified atom stereocenters. The lowest BCUT2D eigenvalue weighted by molar-refractivity contribution is 0.354. The highest BCUT2D eigenvalue weighted by Crippen LogP contribution is 2.29. The third-order valence-corrected chi connectivity index (χ3v) is 4.30. The molecule has 0 spiro atoms. The molecule has 5 heteroatoms. The molecule has 0 N–H and O–H groups in total. The zero-order chi connectivity index (χ0) is 15.2. The Morgan fingerprint density at radius 2 is 2.00 bits per heavy atom. The molecular formula is C16H18N2O2S. The molecule has 110 valence electrons. The molecule has 21 heavy (non-hydrogen) atoms. The number of benzene rings is 1. The van der Waals surface area contributed by atoms with Gasteiger partial charge in [-0.1, -0.05) is 13.0 Å². The van der Waals surface area contributed by atoms with E-state index in [9.17, 15) is 0 Å². The Labute approximate surface area is 129 Å². The minimum Gasteiger partial charge on any atom is -0.493 e. The van der Waals surface area contributed by atoms with E-state index in [0.29, 0.717) is 6.42 Å². The number of thiazole rings is 1. The van der Waals surface area contributed by atoms with Crippen molar-refractivity contribution >= 4 is 11.3 Å². The Balaban J connectivity index is 2.24. The molecule has 0 saturated heterocycles. The Kier molecular flexibility index (Phi) is 5.18. The van der Waals surface area contributed by atoms with Gasteiger partial charge in [0.05, 0.1) is 37.4 Å². The first kappa shape index (κ1) is 15.3. The molecule has 0 bridgehead atoms. The van der Waals surface area contributed by atoms with Crippen molar-refractivity contribution in [1.29, 1.82) is 5.26 Å². The number of ether oxygens (including phenoxy) is 2. The zero-order valence-electron chi connectivity index (χ0n) is 12.5. The lowest BCUT2D eigenvalue weighted by Gasteiger charge is -2.08. The van der Waals surface area contributed by atoms with Gasteiger partial charge < -0.3 is 9.47 Å². The van der Waals surface area contributed by atoms with Crippen molar-refractivity contribution in [1.82, 2.24) is 4.98 Å². The van der Waals surface area contributed by atoms with Crippen molar-refractivity contribution in [2.75, 3.05) is 14.2 Å². The van der Waals surface area contributed by atoms with Crippen LogP contribution in [0.1, 0.15) is 28.1 Å². The van der Waals surface area contributed by atoms with Crippen molar-refractivity contribution in [3.8, 4) is 17.6 Å². The third-order valence-electron chi connectivity index (χ3n) is 3.20. The number of nitriles is 1. The quantitative estimate of drug-likeness (QED) is 0.821. The molecule has 0 radical (unpaired) electrons. The van der Waals surface area contributed by atoms with E-state index in [-0.39, 0.29) is 0 Å². The molecular weight excluding hydrogens is 284 g/mol. The SMILES string of the molecule is CCc1nc(Cc2ccc(OC)c(OC)c2)sc1CC#N. The van der Waals surface area contributed by atoms with E-state index in [2.05, 4.69) is 18.0 Å². The standard InChI is InChI=1S/C16H18N2O2S/c1-4-12-15(7-8-17)21-16(18-12)10-11-5-6-13(19-2)14(9-11)20-3/h5-6,9H,4,7,10H2,1-3H3. The number of hydrogen-bond acceptors (Lipinski definition) is 5. The summed E-state index contributed by atoms with van der Waals surface area (Å²) >= 11 is 1.62. The Morgan fingerprint density at radius 3 is 2.62 bits per heavy atom. The van der Waals surface area contributed by atoms with Gasteiger partial charge in [-0.05, 0) is 24.1 Å². The summed E-state index contributed by atoms with van der Waals surface area (Å²) in [7, 11) is 3.26. The molecule has 4 nitrogen and oxygen atoms in total. The summed E-state index contributed by atoms with van der Waals surface area (Å²) in [6.07, 6.45) is 2.04. The smallest absolute Gasteiger partial charge is 0.160 e. The van der Waals surface area contributed by atoms with E-state index < -0.39 is 0 Å². The summed E-state index contributed by atoms with van der Waals surface area (Å²) in [6, 6.07) is 8.08. The van der Waals surface area contributed by atoms with Gasteiger partial charge in [0, 0.05) is 11.3 Å². The summed E-state index contributed by atoms with van der Waals surface area (Å²) in [5, 5.41) is 9.89. The molecule has 0 saturated carbocycles. The van der Waals surface area contributed by atoms with E-state index in [1.54, 1.807) is 25.6 Å². The summed E-state index contributed by atoms with van der Waals surface area (Å²) < 4.78 is 10.6. The predicted octanol–water partition coefficient (Wildman–Crippen LogP) is 3.38. The van der Waals surface area contributed by atoms with E-state index >= 15 is 0 Å². The summed E-state index contributed by atoms with van der Waals surface area (Å²) in [4.78, 5) is 5.72. The summed E-state index contributed by atoms with van der Waals surface area (Å²) in [5.74, 6) is 1.44. The zero-order valence-corrected chi connectivity index (χ0v) is 13.3. The highest BCUT2D eigenvalue weighted by molar-refractivity contribution is 7.11. The van der Waals surface area contributed by atoms with Crippen LogP contribution in [0.5, 0.6) is 11.5 Å². The number of hydrogen-bond donors (Lipinski definition) is 0. The summed E-state index contributed by atoms with van der Waals surface area (Å²) in [6.45, 7) is 2.07. The maximum Gasteiger partial charge on any atom is 0.160 e. The fraction of sp³-hybridized carbons (Fsp3) is 0.375. The normalized spacial score (nSPS) is 10.2. The van der Waals surface area contributed by atoms with Crippen LogP contribution < -0.4 is 9.47 Å². The molecule has 0 aliphatic carbocycles. The highest BCUT2D eigenvalue weighted by atomic mass is 32.1. The van der Waals surface area contributed by atoms with Gasteiger partial charge >= 0.3 is 0 Å². The average Bonchev–Trinajstić information content (AvgIpc) is 2.89. The Bertz CT molecular complexity index is 659. The second-order valence-corrected chi connectivity index (χ2v) is 5.70. The van der Waals surface area contributed by atoms with Crippen LogP contribution in [0.4, 0.5) is 0 Å². The number of aromatic nitrogens is 1. The minimum absolute atomic E-state index is 0.437. The van der Waals surface area contributed by atoms with Gasteiger partial charge in [0.1, 0.15) is 0 Å². The Hall–Kier alpha value is -2.06. The lowest BCUT2D eigenvalue weighted by Crippen LogP contribution is -1.94. The fourth-order valence-corrected chi connectivity index (χ4v) is 3.29. The number of aryl methyl sites for hydroxylation is 1. The molecule has 0 aliphatic rings. The first-order valence-electron chi connectivity index (χ1n) is 6.77. The van der Waals surface area contributed by atoms with Crippen LogP contribution in [0, 0.1) is 11.3 Å². The maximum atomic E-state index is 8.86. The van der Waals surface area contributed by atoms with Crippen molar-refractivity contribution in [3.63, 3.8) is 0 Å². The van der Waals surface area contributed by atoms with E-state index in [1.807, 2.05) is 18.2 Å². The van der Waals surface area contributed by atoms with Gasteiger partial charge in [0.25, 0.3) is 0 Å².